The number of ether oxygens (including phenoxy) is 3. The highest BCUT2D eigenvalue weighted by Crippen LogP contribution is 2.48. The normalized spacial score (nSPS) is 26.2. The zero-order valence-corrected chi connectivity index (χ0v) is 30.2. The number of aromatic hydroxyl groups is 1. The van der Waals surface area contributed by atoms with E-state index in [0.29, 0.717) is 65.7 Å². The quantitative estimate of drug-likeness (QED) is 0.212. The monoisotopic (exact) mass is 717 g/mol. The van der Waals surface area contributed by atoms with Gasteiger partial charge < -0.3 is 29.3 Å². The van der Waals surface area contributed by atoms with Gasteiger partial charge in [-0.1, -0.05) is 19.4 Å². The standard InChI is InChI=1S/C40H49F2N5O5/c1-3-28-31(41)8-7-26-18-27(48)19-29(33(26)28)35-34(42)36-30(20-43-35)37(47-14-17-51-23-39(2,49)22-47)45-38(44-36)52-24-40-11-4-6-32(40)46(13-5-12-40)21-25-9-15-50-16-10-25/h7-8,18-20,25,32,48-49H,3-6,9-17,21-24H2,1-2H3/t32-,39+,40-/m1/s1. The Bertz CT molecular complexity index is 1960. The van der Waals surface area contributed by atoms with Gasteiger partial charge in [0.15, 0.2) is 5.82 Å². The zero-order chi connectivity index (χ0) is 36.0. The molecule has 0 radical (unpaired) electrons. The summed E-state index contributed by atoms with van der Waals surface area (Å²) in [6.07, 6.45) is 9.55. The Morgan fingerprint density at radius 3 is 2.67 bits per heavy atom. The minimum Gasteiger partial charge on any atom is -0.508 e. The lowest BCUT2D eigenvalue weighted by atomic mass is 9.75. The first kappa shape index (κ1) is 35.3. The van der Waals surface area contributed by atoms with Gasteiger partial charge in [0.05, 0.1) is 31.8 Å². The number of β-amino-alcohol motifs (C(OH)–C–C–N with tert-alkyl or cyclic N) is 1. The number of benzene rings is 2. The van der Waals surface area contributed by atoms with Crippen LogP contribution < -0.4 is 9.64 Å². The summed E-state index contributed by atoms with van der Waals surface area (Å²) in [5.41, 5.74) is -0.582. The van der Waals surface area contributed by atoms with Gasteiger partial charge in [0, 0.05) is 49.5 Å². The summed E-state index contributed by atoms with van der Waals surface area (Å²) in [5.74, 6) is -0.168. The van der Waals surface area contributed by atoms with Crippen molar-refractivity contribution in [3.05, 3.63) is 47.7 Å². The van der Waals surface area contributed by atoms with Crippen LogP contribution in [0.3, 0.4) is 0 Å². The van der Waals surface area contributed by atoms with Crippen molar-refractivity contribution in [1.82, 2.24) is 19.9 Å². The molecule has 3 saturated heterocycles. The highest BCUT2D eigenvalue weighted by Gasteiger charge is 2.49. The van der Waals surface area contributed by atoms with Crippen LogP contribution in [0.25, 0.3) is 32.9 Å². The topological polar surface area (TPSA) is 113 Å². The summed E-state index contributed by atoms with van der Waals surface area (Å²) < 4.78 is 50.1. The molecule has 3 aliphatic heterocycles. The molecule has 10 nitrogen and oxygen atoms in total. The van der Waals surface area contributed by atoms with Gasteiger partial charge in [-0.3, -0.25) is 9.88 Å². The number of phenols is 1. The average molecular weight is 718 g/mol. The lowest BCUT2D eigenvalue weighted by molar-refractivity contribution is -0.0203. The SMILES string of the molecule is CCc1c(F)ccc2cc(O)cc(-c3ncc4c(N5CCOC[C@@](C)(O)C5)nc(OC[C@]56CCC[C@H]5N(CC5CCOCC5)CCC6)nc4c3F)c12. The summed E-state index contributed by atoms with van der Waals surface area (Å²) >= 11 is 0. The van der Waals surface area contributed by atoms with Crippen molar-refractivity contribution < 1.29 is 33.2 Å². The van der Waals surface area contributed by atoms with Gasteiger partial charge in [0.2, 0.25) is 0 Å². The van der Waals surface area contributed by atoms with Crippen molar-refractivity contribution in [2.45, 2.75) is 76.9 Å². The number of rotatable bonds is 8. The molecule has 1 aliphatic carbocycles. The third kappa shape index (κ3) is 6.67. The Morgan fingerprint density at radius 2 is 1.85 bits per heavy atom. The maximum absolute atomic E-state index is 17.1. The van der Waals surface area contributed by atoms with E-state index in [-0.39, 0.29) is 47.1 Å². The van der Waals surface area contributed by atoms with Gasteiger partial charge in [0.25, 0.3) is 0 Å². The molecule has 52 heavy (non-hydrogen) atoms. The average Bonchev–Trinajstić information content (AvgIpc) is 3.49. The van der Waals surface area contributed by atoms with Gasteiger partial charge in [-0.2, -0.15) is 9.97 Å². The molecule has 2 N–H and O–H groups in total. The van der Waals surface area contributed by atoms with E-state index < -0.39 is 17.2 Å². The number of hydrogen-bond donors (Lipinski definition) is 2. The van der Waals surface area contributed by atoms with Crippen molar-refractivity contribution >= 4 is 27.5 Å². The van der Waals surface area contributed by atoms with Crippen LogP contribution in [-0.4, -0.2) is 101 Å². The lowest BCUT2D eigenvalue weighted by Crippen LogP contribution is -2.53. The second-order valence-electron chi connectivity index (χ2n) is 15.7. The molecule has 0 bridgehead atoms. The number of aliphatic hydroxyl groups is 1. The van der Waals surface area contributed by atoms with E-state index in [0.717, 1.165) is 71.2 Å². The fraction of sp³-hybridized carbons (Fsp3) is 0.575. The summed E-state index contributed by atoms with van der Waals surface area (Å²) in [6.45, 7) is 8.92. The summed E-state index contributed by atoms with van der Waals surface area (Å²) in [4.78, 5) is 18.7. The Hall–Kier alpha value is -3.71. The molecule has 8 rings (SSSR count). The predicted octanol–water partition coefficient (Wildman–Crippen LogP) is 6.42. The van der Waals surface area contributed by atoms with Crippen LogP contribution in [0.2, 0.25) is 0 Å². The minimum absolute atomic E-state index is 0.00557. The fourth-order valence-corrected chi connectivity index (χ4v) is 9.43. The van der Waals surface area contributed by atoms with E-state index in [1.54, 1.807) is 19.1 Å². The highest BCUT2D eigenvalue weighted by molar-refractivity contribution is 6.01. The first-order chi connectivity index (χ1) is 25.1. The van der Waals surface area contributed by atoms with Crippen molar-refractivity contribution in [2.75, 3.05) is 64.1 Å². The Morgan fingerprint density at radius 1 is 1.02 bits per heavy atom. The molecule has 3 atom stereocenters. The van der Waals surface area contributed by atoms with Crippen LogP contribution in [0.4, 0.5) is 14.6 Å². The Balaban J connectivity index is 1.20. The van der Waals surface area contributed by atoms with Crippen molar-refractivity contribution in [3.8, 4) is 23.0 Å². The Kier molecular flexibility index (Phi) is 9.69. The number of pyridine rings is 1. The highest BCUT2D eigenvalue weighted by atomic mass is 19.1. The second-order valence-corrected chi connectivity index (χ2v) is 15.7. The van der Waals surface area contributed by atoms with Gasteiger partial charge in [0.1, 0.15) is 34.2 Å². The van der Waals surface area contributed by atoms with Gasteiger partial charge in [-0.15, -0.1) is 0 Å². The summed E-state index contributed by atoms with van der Waals surface area (Å²) in [5, 5.41) is 23.2. The summed E-state index contributed by atoms with van der Waals surface area (Å²) in [7, 11) is 0. The second kappa shape index (κ2) is 14.3. The third-order valence-electron chi connectivity index (χ3n) is 11.9. The van der Waals surface area contributed by atoms with E-state index in [2.05, 4.69) is 9.88 Å². The first-order valence-corrected chi connectivity index (χ1v) is 18.9. The summed E-state index contributed by atoms with van der Waals surface area (Å²) in [6, 6.07) is 6.38. The van der Waals surface area contributed by atoms with Crippen LogP contribution >= 0.6 is 0 Å². The van der Waals surface area contributed by atoms with E-state index in [4.69, 9.17) is 24.2 Å². The van der Waals surface area contributed by atoms with Crippen LogP contribution in [0.5, 0.6) is 11.8 Å². The molecule has 278 valence electrons. The molecular weight excluding hydrogens is 668 g/mol. The third-order valence-corrected chi connectivity index (χ3v) is 11.9. The molecule has 4 aliphatic rings. The number of halogens is 2. The smallest absolute Gasteiger partial charge is 0.319 e. The number of nitrogens with zero attached hydrogens (tertiary/aromatic N) is 5. The molecule has 5 heterocycles. The van der Waals surface area contributed by atoms with Crippen LogP contribution in [0.15, 0.2) is 30.5 Å². The van der Waals surface area contributed by atoms with Crippen molar-refractivity contribution in [3.63, 3.8) is 0 Å². The molecule has 12 heteroatoms. The fourth-order valence-electron chi connectivity index (χ4n) is 9.43. The van der Waals surface area contributed by atoms with Gasteiger partial charge in [-0.05, 0) is 98.9 Å². The maximum Gasteiger partial charge on any atom is 0.319 e. The van der Waals surface area contributed by atoms with E-state index in [9.17, 15) is 10.2 Å². The Labute approximate surface area is 303 Å². The molecule has 2 aromatic carbocycles. The van der Waals surface area contributed by atoms with Crippen molar-refractivity contribution in [1.29, 1.82) is 0 Å². The molecule has 0 unspecified atom stereocenters. The molecule has 0 spiro atoms. The van der Waals surface area contributed by atoms with Crippen LogP contribution in [0.1, 0.15) is 64.4 Å². The molecule has 4 fully saturated rings. The molecule has 0 amide bonds. The number of aromatic nitrogens is 3. The minimum atomic E-state index is -1.17. The van der Waals surface area contributed by atoms with E-state index >= 15 is 8.78 Å². The number of likely N-dealkylation sites (tertiary alicyclic amines) is 1. The maximum atomic E-state index is 17.1. The molecule has 2 aromatic heterocycles. The first-order valence-electron chi connectivity index (χ1n) is 18.9. The zero-order valence-electron chi connectivity index (χ0n) is 30.2. The number of piperidine rings is 1. The number of phenolic OH excluding ortho intramolecular Hbond substituents is 1. The van der Waals surface area contributed by atoms with Crippen LogP contribution in [-0.2, 0) is 15.9 Å². The van der Waals surface area contributed by atoms with Crippen LogP contribution in [0, 0.1) is 23.0 Å². The molecular formula is C40H49F2N5O5. The van der Waals surface area contributed by atoms with Crippen molar-refractivity contribution in [2.24, 2.45) is 11.3 Å². The van der Waals surface area contributed by atoms with Gasteiger partial charge >= 0.3 is 6.01 Å². The number of aryl methyl sites for hydroxylation is 1. The molecule has 1 saturated carbocycles. The number of fused-ring (bicyclic) bond motifs is 3. The van der Waals surface area contributed by atoms with Gasteiger partial charge in [-0.25, -0.2) is 8.78 Å². The predicted molar refractivity (Wildman–Crippen MR) is 195 cm³/mol. The largest absolute Gasteiger partial charge is 0.508 e. The number of hydrogen-bond acceptors (Lipinski definition) is 10. The number of anilines is 1. The van der Waals surface area contributed by atoms with E-state index in [1.165, 1.54) is 18.3 Å². The molecule has 4 aromatic rings. The van der Waals surface area contributed by atoms with E-state index in [1.807, 2.05) is 11.8 Å². The lowest BCUT2D eigenvalue weighted by Gasteiger charge is -2.47.